The van der Waals surface area contributed by atoms with Crippen LogP contribution in [-0.4, -0.2) is 18.7 Å². The third-order valence-corrected chi connectivity index (χ3v) is 2.99. The van der Waals surface area contributed by atoms with Gasteiger partial charge in [0.15, 0.2) is 0 Å². The second-order valence-electron chi connectivity index (χ2n) is 4.72. The van der Waals surface area contributed by atoms with E-state index < -0.39 is 0 Å². The van der Waals surface area contributed by atoms with Crippen molar-refractivity contribution in [1.29, 1.82) is 0 Å². The van der Waals surface area contributed by atoms with Crippen LogP contribution in [0.15, 0.2) is 18.2 Å². The molecule has 0 aliphatic carbocycles. The first-order valence-corrected chi connectivity index (χ1v) is 6.55. The van der Waals surface area contributed by atoms with Crippen LogP contribution in [0.25, 0.3) is 0 Å². The van der Waals surface area contributed by atoms with Gasteiger partial charge >= 0.3 is 0 Å². The molecule has 0 fully saturated rings. The Morgan fingerprint density at radius 2 is 1.71 bits per heavy atom. The number of benzene rings is 1. The van der Waals surface area contributed by atoms with Crippen LogP contribution >= 0.6 is 0 Å². The molecule has 0 aliphatic rings. The van der Waals surface area contributed by atoms with Crippen LogP contribution < -0.4 is 10.1 Å². The molecule has 0 aromatic heterocycles. The van der Waals surface area contributed by atoms with Crippen LogP contribution in [0.1, 0.15) is 38.3 Å². The Hall–Kier alpha value is -1.02. The molecule has 2 atom stereocenters. The summed E-state index contributed by atoms with van der Waals surface area (Å²) in [7, 11) is 0. The van der Waals surface area contributed by atoms with Crippen molar-refractivity contribution in [2.75, 3.05) is 6.54 Å². The molecule has 17 heavy (non-hydrogen) atoms. The molecule has 0 aliphatic heterocycles. The van der Waals surface area contributed by atoms with Crippen LogP contribution in [0.4, 0.5) is 0 Å². The molecule has 0 spiro atoms. The maximum absolute atomic E-state index is 6.02. The summed E-state index contributed by atoms with van der Waals surface area (Å²) in [4.78, 5) is 0. The molecular weight excluding hydrogens is 210 g/mol. The van der Waals surface area contributed by atoms with Crippen molar-refractivity contribution in [1.82, 2.24) is 5.32 Å². The van der Waals surface area contributed by atoms with Crippen molar-refractivity contribution in [3.8, 4) is 5.75 Å². The largest absolute Gasteiger partial charge is 0.489 e. The summed E-state index contributed by atoms with van der Waals surface area (Å²) < 4.78 is 6.02. The standard InChI is InChI=1S/C15H25NO/c1-6-15(16-7-2)13(5)17-14-9-11(3)8-12(4)10-14/h8-10,13,15-16H,6-7H2,1-5H3. The molecular formula is C15H25NO. The van der Waals surface area contributed by atoms with E-state index in [2.05, 4.69) is 58.1 Å². The number of nitrogens with one attached hydrogen (secondary N) is 1. The monoisotopic (exact) mass is 235 g/mol. The highest BCUT2D eigenvalue weighted by Crippen LogP contribution is 2.18. The summed E-state index contributed by atoms with van der Waals surface area (Å²) in [6.07, 6.45) is 1.28. The van der Waals surface area contributed by atoms with Crippen LogP contribution in [0.5, 0.6) is 5.75 Å². The van der Waals surface area contributed by atoms with Gasteiger partial charge in [-0.2, -0.15) is 0 Å². The third-order valence-electron chi connectivity index (χ3n) is 2.99. The second-order valence-corrected chi connectivity index (χ2v) is 4.72. The Morgan fingerprint density at radius 3 is 2.18 bits per heavy atom. The fraction of sp³-hybridized carbons (Fsp3) is 0.600. The van der Waals surface area contributed by atoms with Crippen molar-refractivity contribution in [3.63, 3.8) is 0 Å². The first-order chi connectivity index (χ1) is 8.06. The average Bonchev–Trinajstić information content (AvgIpc) is 2.24. The molecule has 0 bridgehead atoms. The lowest BCUT2D eigenvalue weighted by Crippen LogP contribution is -2.40. The molecule has 2 heteroatoms. The molecule has 0 heterocycles. The minimum atomic E-state index is 0.196. The highest BCUT2D eigenvalue weighted by molar-refractivity contribution is 5.33. The molecule has 0 radical (unpaired) electrons. The van der Waals surface area contributed by atoms with Gasteiger partial charge in [-0.05, 0) is 57.0 Å². The van der Waals surface area contributed by atoms with E-state index in [0.717, 1.165) is 18.7 Å². The number of hydrogen-bond acceptors (Lipinski definition) is 2. The molecule has 2 nitrogen and oxygen atoms in total. The molecule has 0 amide bonds. The fourth-order valence-electron chi connectivity index (χ4n) is 2.20. The van der Waals surface area contributed by atoms with E-state index in [0.29, 0.717) is 6.04 Å². The van der Waals surface area contributed by atoms with E-state index in [1.54, 1.807) is 0 Å². The summed E-state index contributed by atoms with van der Waals surface area (Å²) >= 11 is 0. The number of aryl methyl sites for hydroxylation is 2. The molecule has 1 N–H and O–H groups in total. The summed E-state index contributed by atoms with van der Waals surface area (Å²) in [5.74, 6) is 0.978. The van der Waals surface area contributed by atoms with Crippen LogP contribution in [0.3, 0.4) is 0 Å². The van der Waals surface area contributed by atoms with Gasteiger partial charge in [0.05, 0.1) is 0 Å². The molecule has 0 saturated carbocycles. The van der Waals surface area contributed by atoms with E-state index >= 15 is 0 Å². The number of ether oxygens (including phenoxy) is 1. The lowest BCUT2D eigenvalue weighted by atomic mass is 10.1. The Morgan fingerprint density at radius 1 is 1.12 bits per heavy atom. The van der Waals surface area contributed by atoms with Crippen molar-refractivity contribution < 1.29 is 4.74 Å². The van der Waals surface area contributed by atoms with Crippen molar-refractivity contribution in [2.45, 2.75) is 53.2 Å². The van der Waals surface area contributed by atoms with E-state index in [1.165, 1.54) is 11.1 Å². The zero-order valence-electron chi connectivity index (χ0n) is 11.7. The number of rotatable bonds is 6. The van der Waals surface area contributed by atoms with E-state index in [4.69, 9.17) is 4.74 Å². The predicted octanol–water partition coefficient (Wildman–Crippen LogP) is 3.46. The maximum atomic E-state index is 6.02. The predicted molar refractivity (Wildman–Crippen MR) is 73.8 cm³/mol. The Kier molecular flexibility index (Phi) is 5.49. The van der Waals surface area contributed by atoms with E-state index in [-0.39, 0.29) is 6.10 Å². The quantitative estimate of drug-likeness (QED) is 0.815. The molecule has 96 valence electrons. The van der Waals surface area contributed by atoms with Gasteiger partial charge in [0, 0.05) is 6.04 Å². The Bertz CT molecular complexity index is 329. The lowest BCUT2D eigenvalue weighted by Gasteiger charge is -2.24. The zero-order valence-corrected chi connectivity index (χ0v) is 11.7. The van der Waals surface area contributed by atoms with Gasteiger partial charge in [0.25, 0.3) is 0 Å². The highest BCUT2D eigenvalue weighted by atomic mass is 16.5. The van der Waals surface area contributed by atoms with Crippen molar-refractivity contribution in [2.24, 2.45) is 0 Å². The van der Waals surface area contributed by atoms with Gasteiger partial charge in [-0.1, -0.05) is 19.9 Å². The van der Waals surface area contributed by atoms with Crippen LogP contribution in [0, 0.1) is 13.8 Å². The molecule has 1 rings (SSSR count). The summed E-state index contributed by atoms with van der Waals surface area (Å²) in [6.45, 7) is 11.6. The third kappa shape index (κ3) is 4.39. The molecule has 1 aromatic rings. The van der Waals surface area contributed by atoms with Crippen LogP contribution in [-0.2, 0) is 0 Å². The van der Waals surface area contributed by atoms with Gasteiger partial charge in [-0.3, -0.25) is 0 Å². The minimum absolute atomic E-state index is 0.196. The second kappa shape index (κ2) is 6.65. The SMILES string of the molecule is CCNC(CC)C(C)Oc1cc(C)cc(C)c1. The summed E-state index contributed by atoms with van der Waals surface area (Å²) in [5, 5.41) is 3.46. The first kappa shape index (κ1) is 14.0. The fourth-order valence-corrected chi connectivity index (χ4v) is 2.20. The van der Waals surface area contributed by atoms with E-state index in [1.807, 2.05) is 0 Å². The van der Waals surface area contributed by atoms with Gasteiger partial charge in [-0.15, -0.1) is 0 Å². The molecule has 0 saturated heterocycles. The zero-order chi connectivity index (χ0) is 12.8. The van der Waals surface area contributed by atoms with Gasteiger partial charge < -0.3 is 10.1 Å². The average molecular weight is 235 g/mol. The van der Waals surface area contributed by atoms with Crippen LogP contribution in [0.2, 0.25) is 0 Å². The first-order valence-electron chi connectivity index (χ1n) is 6.55. The summed E-state index contributed by atoms with van der Waals surface area (Å²) in [6, 6.07) is 6.78. The van der Waals surface area contributed by atoms with Crippen molar-refractivity contribution in [3.05, 3.63) is 29.3 Å². The normalized spacial score (nSPS) is 14.4. The summed E-state index contributed by atoms with van der Waals surface area (Å²) in [5.41, 5.74) is 2.51. The van der Waals surface area contributed by atoms with Gasteiger partial charge in [0.2, 0.25) is 0 Å². The number of hydrogen-bond donors (Lipinski definition) is 1. The maximum Gasteiger partial charge on any atom is 0.120 e. The Balaban J connectivity index is 2.68. The Labute approximate surface area is 105 Å². The topological polar surface area (TPSA) is 21.3 Å². The highest BCUT2D eigenvalue weighted by Gasteiger charge is 2.15. The smallest absolute Gasteiger partial charge is 0.120 e. The molecule has 2 unspecified atom stereocenters. The molecule has 1 aromatic carbocycles. The van der Waals surface area contributed by atoms with E-state index in [9.17, 15) is 0 Å². The van der Waals surface area contributed by atoms with Gasteiger partial charge in [0.1, 0.15) is 11.9 Å². The number of likely N-dealkylation sites (N-methyl/N-ethyl adjacent to an activating group) is 1. The lowest BCUT2D eigenvalue weighted by molar-refractivity contribution is 0.168. The van der Waals surface area contributed by atoms with Crippen molar-refractivity contribution >= 4 is 0 Å². The van der Waals surface area contributed by atoms with Gasteiger partial charge in [-0.25, -0.2) is 0 Å². The minimum Gasteiger partial charge on any atom is -0.489 e.